The molecular formula is C26H20F3N3O5. The topological polar surface area (TPSA) is 82.9 Å². The summed E-state index contributed by atoms with van der Waals surface area (Å²) in [7, 11) is 1.57. The Morgan fingerprint density at radius 3 is 2.49 bits per heavy atom. The number of para-hydroxylation sites is 1. The van der Waals surface area contributed by atoms with E-state index < -0.39 is 23.7 Å². The van der Waals surface area contributed by atoms with Crippen molar-refractivity contribution in [2.75, 3.05) is 13.8 Å². The number of rotatable bonds is 5. The molecule has 8 nitrogen and oxygen atoms in total. The lowest BCUT2D eigenvalue weighted by Gasteiger charge is -2.27. The summed E-state index contributed by atoms with van der Waals surface area (Å²) >= 11 is 0. The smallest absolute Gasteiger partial charge is 0.454 e. The largest absolute Gasteiger partial charge is 0.573 e. The minimum Gasteiger partial charge on any atom is -0.454 e. The standard InChI is InChI=1S/C26H20F3N3O5/c1-15(31(2)24(33)16-7-12-21-22(13-16)36-14-35-21)23-30-20-6-4-3-5-19(20)25(34)32(23)17-8-10-18(11-9-17)37-26(27,28)29/h3-13,15H,14H2,1-2H3. The minimum absolute atomic E-state index is 0.0688. The van der Waals surface area contributed by atoms with E-state index in [1.807, 2.05) is 0 Å². The summed E-state index contributed by atoms with van der Waals surface area (Å²) in [5.41, 5.74) is 0.609. The van der Waals surface area contributed by atoms with Gasteiger partial charge in [-0.1, -0.05) is 12.1 Å². The molecule has 1 unspecified atom stereocenters. The molecule has 0 saturated carbocycles. The van der Waals surface area contributed by atoms with Gasteiger partial charge in [-0.05, 0) is 61.5 Å². The van der Waals surface area contributed by atoms with Gasteiger partial charge in [0.2, 0.25) is 6.79 Å². The molecule has 1 aromatic heterocycles. The van der Waals surface area contributed by atoms with Gasteiger partial charge >= 0.3 is 6.36 Å². The van der Waals surface area contributed by atoms with Crippen molar-refractivity contribution in [1.29, 1.82) is 0 Å². The first-order valence-corrected chi connectivity index (χ1v) is 11.2. The third-order valence-electron chi connectivity index (χ3n) is 6.02. The molecule has 37 heavy (non-hydrogen) atoms. The van der Waals surface area contributed by atoms with Crippen LogP contribution in [0.1, 0.15) is 29.1 Å². The van der Waals surface area contributed by atoms with E-state index in [9.17, 15) is 22.8 Å². The molecule has 1 atom stereocenters. The van der Waals surface area contributed by atoms with Crippen molar-refractivity contribution < 1.29 is 32.2 Å². The second-order valence-corrected chi connectivity index (χ2v) is 8.33. The van der Waals surface area contributed by atoms with Crippen molar-refractivity contribution >= 4 is 16.8 Å². The van der Waals surface area contributed by atoms with E-state index in [0.717, 1.165) is 12.1 Å². The average molecular weight is 511 g/mol. The summed E-state index contributed by atoms with van der Waals surface area (Å²) in [6.45, 7) is 1.78. The first kappa shape index (κ1) is 24.2. The summed E-state index contributed by atoms with van der Waals surface area (Å²) < 4.78 is 53.7. The van der Waals surface area contributed by atoms with E-state index in [-0.39, 0.29) is 24.2 Å². The Hall–Kier alpha value is -4.54. The zero-order valence-electron chi connectivity index (χ0n) is 19.7. The molecule has 3 aromatic carbocycles. The molecule has 1 amide bonds. The van der Waals surface area contributed by atoms with Crippen molar-refractivity contribution in [2.24, 2.45) is 0 Å². The van der Waals surface area contributed by atoms with Crippen LogP contribution in [-0.4, -0.2) is 40.6 Å². The Morgan fingerprint density at radius 1 is 1.05 bits per heavy atom. The molecule has 0 fully saturated rings. The zero-order chi connectivity index (χ0) is 26.3. The summed E-state index contributed by atoms with van der Waals surface area (Å²) in [6.07, 6.45) is -4.85. The number of halogens is 3. The molecule has 5 rings (SSSR count). The van der Waals surface area contributed by atoms with Crippen LogP contribution in [0.15, 0.2) is 71.5 Å². The van der Waals surface area contributed by atoms with Crippen LogP contribution in [0.25, 0.3) is 16.6 Å². The molecule has 2 heterocycles. The van der Waals surface area contributed by atoms with Crippen molar-refractivity contribution in [3.05, 3.63) is 88.5 Å². The van der Waals surface area contributed by atoms with Crippen LogP contribution in [-0.2, 0) is 0 Å². The molecule has 1 aliphatic heterocycles. The van der Waals surface area contributed by atoms with Gasteiger partial charge in [0.05, 0.1) is 22.6 Å². The monoisotopic (exact) mass is 511 g/mol. The lowest BCUT2D eigenvalue weighted by Crippen LogP contribution is -2.34. The Labute approximate surface area is 208 Å². The number of benzene rings is 3. The van der Waals surface area contributed by atoms with E-state index >= 15 is 0 Å². The van der Waals surface area contributed by atoms with Crippen LogP contribution in [0.4, 0.5) is 13.2 Å². The first-order chi connectivity index (χ1) is 17.6. The molecule has 11 heteroatoms. The molecule has 0 N–H and O–H groups in total. The van der Waals surface area contributed by atoms with Crippen LogP contribution in [0.5, 0.6) is 17.2 Å². The second-order valence-electron chi connectivity index (χ2n) is 8.33. The summed E-state index contributed by atoms with van der Waals surface area (Å²) in [5, 5.41) is 0.318. The number of hydrogen-bond acceptors (Lipinski definition) is 6. The van der Waals surface area contributed by atoms with Gasteiger partial charge in [-0.3, -0.25) is 14.2 Å². The molecule has 4 aromatic rings. The third-order valence-corrected chi connectivity index (χ3v) is 6.02. The van der Waals surface area contributed by atoms with Gasteiger partial charge < -0.3 is 19.1 Å². The van der Waals surface area contributed by atoms with Crippen LogP contribution < -0.4 is 19.8 Å². The number of alkyl halides is 3. The van der Waals surface area contributed by atoms with E-state index in [2.05, 4.69) is 9.72 Å². The molecule has 0 radical (unpaired) electrons. The molecule has 0 aliphatic carbocycles. The maximum atomic E-state index is 13.5. The Balaban J connectivity index is 1.56. The zero-order valence-corrected chi connectivity index (χ0v) is 19.7. The predicted octanol–water partition coefficient (Wildman–Crippen LogP) is 4.85. The van der Waals surface area contributed by atoms with Crippen molar-refractivity contribution in [3.8, 4) is 22.9 Å². The highest BCUT2D eigenvalue weighted by Crippen LogP contribution is 2.33. The molecule has 1 aliphatic rings. The number of nitrogens with zero attached hydrogens (tertiary/aromatic N) is 3. The number of fused-ring (bicyclic) bond motifs is 2. The van der Waals surface area contributed by atoms with Gasteiger partial charge in [-0.25, -0.2) is 4.98 Å². The van der Waals surface area contributed by atoms with Crippen LogP contribution in [0, 0.1) is 0 Å². The van der Waals surface area contributed by atoms with Gasteiger partial charge in [-0.2, -0.15) is 0 Å². The van der Waals surface area contributed by atoms with E-state index in [1.165, 1.54) is 21.6 Å². The molecule has 190 valence electrons. The third kappa shape index (κ3) is 4.67. The SMILES string of the molecule is CC(c1nc2ccccc2c(=O)n1-c1ccc(OC(F)(F)F)cc1)N(C)C(=O)c1ccc2c(c1)OCO2. The van der Waals surface area contributed by atoms with Crippen molar-refractivity contribution in [3.63, 3.8) is 0 Å². The number of carbonyl (C=O) groups excluding carboxylic acids is 1. The lowest BCUT2D eigenvalue weighted by molar-refractivity contribution is -0.274. The fourth-order valence-electron chi connectivity index (χ4n) is 4.06. The average Bonchev–Trinajstić information content (AvgIpc) is 3.35. The van der Waals surface area contributed by atoms with E-state index in [0.29, 0.717) is 28.0 Å². The number of hydrogen-bond donors (Lipinski definition) is 0. The fraction of sp³-hybridized carbons (Fsp3) is 0.192. The summed E-state index contributed by atoms with van der Waals surface area (Å²) in [4.78, 5) is 32.9. The fourth-order valence-corrected chi connectivity index (χ4v) is 4.06. The molecule has 0 saturated heterocycles. The van der Waals surface area contributed by atoms with Gasteiger partial charge in [0.1, 0.15) is 11.6 Å². The maximum Gasteiger partial charge on any atom is 0.573 e. The van der Waals surface area contributed by atoms with E-state index in [4.69, 9.17) is 9.47 Å². The predicted molar refractivity (Wildman–Crippen MR) is 127 cm³/mol. The molecular weight excluding hydrogens is 491 g/mol. The second kappa shape index (κ2) is 9.16. The maximum absolute atomic E-state index is 13.5. The van der Waals surface area contributed by atoms with Crippen LogP contribution >= 0.6 is 0 Å². The lowest BCUT2D eigenvalue weighted by atomic mass is 10.1. The molecule has 0 bridgehead atoms. The number of carbonyl (C=O) groups is 1. The minimum atomic E-state index is -4.85. The number of amides is 1. The highest BCUT2D eigenvalue weighted by Gasteiger charge is 2.31. The summed E-state index contributed by atoms with van der Waals surface area (Å²) in [6, 6.07) is 15.7. The Morgan fingerprint density at radius 2 is 1.76 bits per heavy atom. The number of ether oxygens (including phenoxy) is 3. The van der Waals surface area contributed by atoms with Crippen molar-refractivity contribution in [1.82, 2.24) is 14.5 Å². The van der Waals surface area contributed by atoms with E-state index in [1.54, 1.807) is 56.4 Å². The highest BCUT2D eigenvalue weighted by atomic mass is 19.4. The van der Waals surface area contributed by atoms with Gasteiger partial charge in [0.15, 0.2) is 11.5 Å². The van der Waals surface area contributed by atoms with Crippen molar-refractivity contribution in [2.45, 2.75) is 19.3 Å². The quantitative estimate of drug-likeness (QED) is 0.381. The summed E-state index contributed by atoms with van der Waals surface area (Å²) in [5.74, 6) is 0.435. The Bertz CT molecular complexity index is 1550. The van der Waals surface area contributed by atoms with Gasteiger partial charge in [0.25, 0.3) is 11.5 Å². The number of aromatic nitrogens is 2. The normalized spacial score (nSPS) is 13.4. The van der Waals surface area contributed by atoms with Gasteiger partial charge in [0, 0.05) is 12.6 Å². The highest BCUT2D eigenvalue weighted by molar-refractivity contribution is 5.95. The van der Waals surface area contributed by atoms with Crippen LogP contribution in [0.2, 0.25) is 0 Å². The van der Waals surface area contributed by atoms with Crippen LogP contribution in [0.3, 0.4) is 0 Å². The Kier molecular flexibility index (Phi) is 5.98. The molecule has 0 spiro atoms. The van der Waals surface area contributed by atoms with Gasteiger partial charge in [-0.15, -0.1) is 13.2 Å². The first-order valence-electron chi connectivity index (χ1n) is 11.2.